The molecule has 1 heterocycles. The molecule has 2 rings (SSSR count). The number of carboxylic acids is 1. The number of aryl methyl sites for hydroxylation is 2. The van der Waals surface area contributed by atoms with Crippen LogP contribution in [0.4, 0.5) is 4.39 Å². The summed E-state index contributed by atoms with van der Waals surface area (Å²) in [6, 6.07) is 5.53. The molecule has 0 amide bonds. The molecular formula is C14H11BrFNO3. The Morgan fingerprint density at radius 2 is 2.00 bits per heavy atom. The molecule has 20 heavy (non-hydrogen) atoms. The quantitative estimate of drug-likeness (QED) is 0.914. The summed E-state index contributed by atoms with van der Waals surface area (Å²) in [6.45, 7) is 3.32. The van der Waals surface area contributed by atoms with Gasteiger partial charge in [0, 0.05) is 22.3 Å². The minimum Gasteiger partial charge on any atom is -0.477 e. The molecule has 0 saturated heterocycles. The third-order valence-corrected chi connectivity index (χ3v) is 3.03. The van der Waals surface area contributed by atoms with Gasteiger partial charge in [-0.15, -0.1) is 0 Å². The normalized spacial score (nSPS) is 10.4. The number of nitrogens with zero attached hydrogens (tertiary/aromatic N) is 1. The predicted octanol–water partition coefficient (Wildman–Crippen LogP) is 4.09. The zero-order valence-corrected chi connectivity index (χ0v) is 12.4. The number of halogens is 2. The lowest BCUT2D eigenvalue weighted by molar-refractivity contribution is 0.0693. The molecule has 1 aromatic carbocycles. The largest absolute Gasteiger partial charge is 0.477 e. The molecule has 1 N–H and O–H groups in total. The van der Waals surface area contributed by atoms with Gasteiger partial charge in [-0.2, -0.15) is 0 Å². The first kappa shape index (κ1) is 14.5. The van der Waals surface area contributed by atoms with E-state index in [0.29, 0.717) is 15.9 Å². The van der Waals surface area contributed by atoms with Crippen molar-refractivity contribution < 1.29 is 19.0 Å². The summed E-state index contributed by atoms with van der Waals surface area (Å²) in [5, 5.41) is 9.22. The molecule has 0 aliphatic carbocycles. The molecule has 4 nitrogen and oxygen atoms in total. The molecular weight excluding hydrogens is 329 g/mol. The summed E-state index contributed by atoms with van der Waals surface area (Å²) in [5.74, 6) is -1.27. The van der Waals surface area contributed by atoms with Gasteiger partial charge in [0.1, 0.15) is 22.9 Å². The highest BCUT2D eigenvalue weighted by Crippen LogP contribution is 2.30. The van der Waals surface area contributed by atoms with Gasteiger partial charge < -0.3 is 9.84 Å². The van der Waals surface area contributed by atoms with Crippen molar-refractivity contribution in [1.82, 2.24) is 4.98 Å². The smallest absolute Gasteiger partial charge is 0.341 e. The van der Waals surface area contributed by atoms with Crippen LogP contribution in [0.1, 0.15) is 21.7 Å². The van der Waals surface area contributed by atoms with Crippen molar-refractivity contribution in [3.63, 3.8) is 0 Å². The monoisotopic (exact) mass is 339 g/mol. The highest BCUT2D eigenvalue weighted by Gasteiger charge is 2.17. The molecule has 0 aliphatic rings. The Hall–Kier alpha value is -1.95. The maximum Gasteiger partial charge on any atom is 0.341 e. The molecule has 104 valence electrons. The standard InChI is InChI=1S/C14H11BrFNO3/c1-7-3-12(13(14(18)19)8(2)17-7)20-11-5-9(15)4-10(16)6-11/h3-6H,1-2H3,(H,18,19). The first-order valence-corrected chi connectivity index (χ1v) is 6.51. The van der Waals surface area contributed by atoms with E-state index in [2.05, 4.69) is 20.9 Å². The Morgan fingerprint density at radius 3 is 2.60 bits per heavy atom. The molecule has 0 aliphatic heterocycles. The van der Waals surface area contributed by atoms with E-state index in [1.165, 1.54) is 18.2 Å². The highest BCUT2D eigenvalue weighted by molar-refractivity contribution is 9.10. The predicted molar refractivity (Wildman–Crippen MR) is 74.8 cm³/mol. The van der Waals surface area contributed by atoms with Crippen molar-refractivity contribution in [2.24, 2.45) is 0 Å². The Bertz CT molecular complexity index is 668. The Balaban J connectivity index is 2.49. The van der Waals surface area contributed by atoms with E-state index < -0.39 is 11.8 Å². The molecule has 6 heteroatoms. The minimum atomic E-state index is -1.14. The lowest BCUT2D eigenvalue weighted by Crippen LogP contribution is -2.06. The second-order valence-corrected chi connectivity index (χ2v) is 5.15. The number of rotatable bonds is 3. The van der Waals surface area contributed by atoms with Gasteiger partial charge in [0.15, 0.2) is 0 Å². The van der Waals surface area contributed by atoms with Crippen LogP contribution in [0.15, 0.2) is 28.7 Å². The van der Waals surface area contributed by atoms with Crippen molar-refractivity contribution in [3.8, 4) is 11.5 Å². The van der Waals surface area contributed by atoms with Gasteiger partial charge in [0.05, 0.1) is 5.69 Å². The van der Waals surface area contributed by atoms with Gasteiger partial charge in [0.25, 0.3) is 0 Å². The zero-order valence-electron chi connectivity index (χ0n) is 10.8. The van der Waals surface area contributed by atoms with Crippen LogP contribution in [0, 0.1) is 19.7 Å². The number of aromatic nitrogens is 1. The molecule has 0 fully saturated rings. The number of benzene rings is 1. The Morgan fingerprint density at radius 1 is 1.30 bits per heavy atom. The average molecular weight is 340 g/mol. The SMILES string of the molecule is Cc1cc(Oc2cc(F)cc(Br)c2)c(C(=O)O)c(C)n1. The van der Waals surface area contributed by atoms with E-state index in [1.54, 1.807) is 19.9 Å². The van der Waals surface area contributed by atoms with Gasteiger partial charge in [-0.05, 0) is 26.0 Å². The van der Waals surface area contributed by atoms with Crippen LogP contribution < -0.4 is 4.74 Å². The van der Waals surface area contributed by atoms with Gasteiger partial charge in [0.2, 0.25) is 0 Å². The van der Waals surface area contributed by atoms with Crippen LogP contribution in [0.2, 0.25) is 0 Å². The van der Waals surface area contributed by atoms with Gasteiger partial charge in [-0.3, -0.25) is 4.98 Å². The van der Waals surface area contributed by atoms with E-state index in [4.69, 9.17) is 4.74 Å². The van der Waals surface area contributed by atoms with Gasteiger partial charge in [-0.1, -0.05) is 15.9 Å². The van der Waals surface area contributed by atoms with E-state index in [9.17, 15) is 14.3 Å². The Labute approximate surface area is 123 Å². The van der Waals surface area contributed by atoms with Crippen molar-refractivity contribution in [2.45, 2.75) is 13.8 Å². The lowest BCUT2D eigenvalue weighted by Gasteiger charge is -2.12. The summed E-state index contributed by atoms with van der Waals surface area (Å²) >= 11 is 3.15. The zero-order chi connectivity index (χ0) is 14.9. The van der Waals surface area contributed by atoms with Crippen LogP contribution in [-0.2, 0) is 0 Å². The van der Waals surface area contributed by atoms with Crippen LogP contribution in [0.3, 0.4) is 0 Å². The Kier molecular flexibility index (Phi) is 4.04. The van der Waals surface area contributed by atoms with Crippen molar-refractivity contribution in [3.05, 3.63) is 51.5 Å². The van der Waals surface area contributed by atoms with Crippen LogP contribution >= 0.6 is 15.9 Å². The third kappa shape index (κ3) is 3.14. The van der Waals surface area contributed by atoms with Crippen LogP contribution in [-0.4, -0.2) is 16.1 Å². The molecule has 0 bridgehead atoms. The first-order chi connectivity index (χ1) is 9.36. The summed E-state index contributed by atoms with van der Waals surface area (Å²) in [7, 11) is 0. The van der Waals surface area contributed by atoms with Gasteiger partial charge >= 0.3 is 5.97 Å². The fourth-order valence-corrected chi connectivity index (χ4v) is 2.29. The van der Waals surface area contributed by atoms with Crippen LogP contribution in [0.25, 0.3) is 0 Å². The third-order valence-electron chi connectivity index (χ3n) is 2.57. The second kappa shape index (κ2) is 5.58. The van der Waals surface area contributed by atoms with Crippen LogP contribution in [0.5, 0.6) is 11.5 Å². The average Bonchev–Trinajstić information content (AvgIpc) is 2.25. The number of hydrogen-bond donors (Lipinski definition) is 1. The van der Waals surface area contributed by atoms with Crippen molar-refractivity contribution in [2.75, 3.05) is 0 Å². The number of hydrogen-bond acceptors (Lipinski definition) is 3. The number of pyridine rings is 1. The van der Waals surface area contributed by atoms with Crippen molar-refractivity contribution in [1.29, 1.82) is 0 Å². The van der Waals surface area contributed by atoms with E-state index in [-0.39, 0.29) is 17.1 Å². The van der Waals surface area contributed by atoms with E-state index in [1.807, 2.05) is 0 Å². The first-order valence-electron chi connectivity index (χ1n) is 5.72. The fourth-order valence-electron chi connectivity index (χ4n) is 1.85. The second-order valence-electron chi connectivity index (χ2n) is 4.23. The maximum atomic E-state index is 13.3. The number of aromatic carboxylic acids is 1. The van der Waals surface area contributed by atoms with Crippen molar-refractivity contribution >= 4 is 21.9 Å². The number of carbonyl (C=O) groups is 1. The molecule has 0 unspecified atom stereocenters. The summed E-state index contributed by atoms with van der Waals surface area (Å²) < 4.78 is 19.3. The molecule has 1 aromatic heterocycles. The number of ether oxygens (including phenoxy) is 1. The lowest BCUT2D eigenvalue weighted by atomic mass is 10.1. The molecule has 0 saturated carbocycles. The number of carboxylic acid groups (broad SMARTS) is 1. The highest BCUT2D eigenvalue weighted by atomic mass is 79.9. The topological polar surface area (TPSA) is 59.4 Å². The summed E-state index contributed by atoms with van der Waals surface area (Å²) in [6.07, 6.45) is 0. The fraction of sp³-hybridized carbons (Fsp3) is 0.143. The maximum absolute atomic E-state index is 13.3. The van der Waals surface area contributed by atoms with E-state index >= 15 is 0 Å². The molecule has 0 spiro atoms. The summed E-state index contributed by atoms with van der Waals surface area (Å²) in [4.78, 5) is 15.4. The molecule has 0 atom stereocenters. The molecule has 2 aromatic rings. The molecule has 0 radical (unpaired) electrons. The van der Waals surface area contributed by atoms with E-state index in [0.717, 1.165) is 0 Å². The van der Waals surface area contributed by atoms with Gasteiger partial charge in [-0.25, -0.2) is 9.18 Å². The minimum absolute atomic E-state index is 0.0315. The summed E-state index contributed by atoms with van der Waals surface area (Å²) in [5.41, 5.74) is 0.942.